The number of para-hydroxylation sites is 1. The topological polar surface area (TPSA) is 59.2 Å². The number of benzene rings is 1. The van der Waals surface area contributed by atoms with Crippen LogP contribution in [0.2, 0.25) is 0 Å². The summed E-state index contributed by atoms with van der Waals surface area (Å²) in [7, 11) is 1.28. The predicted octanol–water partition coefficient (Wildman–Crippen LogP) is 2.04. The molecule has 0 amide bonds. The summed E-state index contributed by atoms with van der Waals surface area (Å²) in [5.74, 6) is -0.542. The monoisotopic (exact) mass is 249 g/mol. The van der Waals surface area contributed by atoms with Crippen LogP contribution in [0.15, 0.2) is 34.0 Å². The van der Waals surface area contributed by atoms with Gasteiger partial charge in [-0.05, 0) is 18.4 Å². The predicted molar refractivity (Wildman–Crippen MR) is 67.7 cm³/mol. The van der Waals surface area contributed by atoms with Crippen molar-refractivity contribution in [2.45, 2.75) is 4.90 Å². The number of aromatic nitrogens is 1. The van der Waals surface area contributed by atoms with Crippen molar-refractivity contribution in [3.05, 3.63) is 40.2 Å². The first-order chi connectivity index (χ1) is 8.17. The average molecular weight is 249 g/mol. The normalized spacial score (nSPS) is 10.5. The fourth-order valence-corrected chi connectivity index (χ4v) is 2.21. The number of carbonyl (C=O) groups excluding carboxylic acids is 1. The molecule has 1 heterocycles. The lowest BCUT2D eigenvalue weighted by atomic mass is 10.2. The standard InChI is InChI=1S/C12H11NO3S/c1-16-12(15)8-6-9(14)7-4-3-5-10(17-2)11(7)13-8/h3-6H,1-2H3,(H,13,14). The van der Waals surface area contributed by atoms with Crippen LogP contribution in [0.3, 0.4) is 0 Å². The number of ether oxygens (including phenoxy) is 1. The van der Waals surface area contributed by atoms with Crippen LogP contribution in [0.1, 0.15) is 10.5 Å². The molecule has 2 aromatic rings. The zero-order valence-corrected chi connectivity index (χ0v) is 10.3. The molecule has 0 aliphatic carbocycles. The molecule has 1 N–H and O–H groups in total. The number of thioether (sulfide) groups is 1. The van der Waals surface area contributed by atoms with Crippen molar-refractivity contribution in [1.82, 2.24) is 4.98 Å². The minimum absolute atomic E-state index is 0.173. The van der Waals surface area contributed by atoms with E-state index in [1.165, 1.54) is 24.9 Å². The van der Waals surface area contributed by atoms with Crippen molar-refractivity contribution in [3.8, 4) is 0 Å². The minimum atomic E-state index is -0.542. The number of esters is 1. The molecule has 0 fully saturated rings. The van der Waals surface area contributed by atoms with Gasteiger partial charge in [-0.15, -0.1) is 11.8 Å². The average Bonchev–Trinajstić information content (AvgIpc) is 2.37. The van der Waals surface area contributed by atoms with Gasteiger partial charge in [-0.25, -0.2) is 4.79 Å². The maximum atomic E-state index is 11.9. The Morgan fingerprint density at radius 2 is 2.18 bits per heavy atom. The largest absolute Gasteiger partial charge is 0.464 e. The molecule has 1 aromatic heterocycles. The third kappa shape index (κ3) is 2.06. The van der Waals surface area contributed by atoms with Crippen molar-refractivity contribution in [3.63, 3.8) is 0 Å². The molecule has 0 bridgehead atoms. The fourth-order valence-electron chi connectivity index (χ4n) is 1.64. The molecule has 0 saturated heterocycles. The Balaban J connectivity index is 2.79. The van der Waals surface area contributed by atoms with Crippen molar-refractivity contribution in [1.29, 1.82) is 0 Å². The number of hydrogen-bond acceptors (Lipinski definition) is 4. The number of aromatic amines is 1. The zero-order chi connectivity index (χ0) is 12.4. The fraction of sp³-hybridized carbons (Fsp3) is 0.167. The Labute approximate surface area is 102 Å². The zero-order valence-electron chi connectivity index (χ0n) is 9.44. The Kier molecular flexibility index (Phi) is 3.19. The third-order valence-electron chi connectivity index (χ3n) is 2.45. The van der Waals surface area contributed by atoms with Crippen LogP contribution in [-0.2, 0) is 4.74 Å². The Bertz CT molecular complexity index is 633. The van der Waals surface area contributed by atoms with E-state index in [4.69, 9.17) is 0 Å². The van der Waals surface area contributed by atoms with Gasteiger partial charge in [-0.2, -0.15) is 0 Å². The molecule has 0 spiro atoms. The number of carbonyl (C=O) groups is 1. The molecule has 88 valence electrons. The van der Waals surface area contributed by atoms with E-state index in [-0.39, 0.29) is 11.1 Å². The summed E-state index contributed by atoms with van der Waals surface area (Å²) in [5.41, 5.74) is 0.662. The maximum absolute atomic E-state index is 11.9. The Hall–Kier alpha value is -1.75. The van der Waals surface area contributed by atoms with Crippen molar-refractivity contribution >= 4 is 28.6 Å². The van der Waals surface area contributed by atoms with Gasteiger partial charge in [0.05, 0.1) is 12.6 Å². The van der Waals surface area contributed by atoms with Crippen LogP contribution >= 0.6 is 11.8 Å². The third-order valence-corrected chi connectivity index (χ3v) is 3.23. The van der Waals surface area contributed by atoms with Gasteiger partial charge in [0.25, 0.3) is 0 Å². The van der Waals surface area contributed by atoms with Gasteiger partial charge in [-0.3, -0.25) is 4.79 Å². The van der Waals surface area contributed by atoms with Crippen LogP contribution in [0.4, 0.5) is 0 Å². The molecule has 0 aliphatic rings. The first-order valence-corrected chi connectivity index (χ1v) is 6.18. The van der Waals surface area contributed by atoms with E-state index in [2.05, 4.69) is 9.72 Å². The number of pyridine rings is 1. The van der Waals surface area contributed by atoms with Gasteiger partial charge in [0, 0.05) is 16.3 Å². The SMILES string of the molecule is COC(=O)c1cc(=O)c2cccc(SC)c2[nH]1. The Morgan fingerprint density at radius 1 is 1.41 bits per heavy atom. The quantitative estimate of drug-likeness (QED) is 0.653. The summed E-state index contributed by atoms with van der Waals surface area (Å²) in [6.45, 7) is 0. The van der Waals surface area contributed by atoms with Gasteiger partial charge in [-0.1, -0.05) is 6.07 Å². The van der Waals surface area contributed by atoms with Crippen LogP contribution in [-0.4, -0.2) is 24.3 Å². The number of fused-ring (bicyclic) bond motifs is 1. The van der Waals surface area contributed by atoms with Gasteiger partial charge < -0.3 is 9.72 Å². The van der Waals surface area contributed by atoms with E-state index in [9.17, 15) is 9.59 Å². The van der Waals surface area contributed by atoms with Gasteiger partial charge >= 0.3 is 5.97 Å². The number of H-pyrrole nitrogens is 1. The van der Waals surface area contributed by atoms with Crippen LogP contribution < -0.4 is 5.43 Å². The molecule has 1 aromatic carbocycles. The molecule has 0 atom stereocenters. The summed E-state index contributed by atoms with van der Waals surface area (Å²) in [6.07, 6.45) is 1.91. The number of hydrogen-bond donors (Lipinski definition) is 1. The molecule has 0 saturated carbocycles. The highest BCUT2D eigenvalue weighted by Crippen LogP contribution is 2.22. The second-order valence-corrected chi connectivity index (χ2v) is 4.27. The summed E-state index contributed by atoms with van der Waals surface area (Å²) in [5, 5.41) is 0.574. The van der Waals surface area contributed by atoms with Crippen molar-refractivity contribution in [2.75, 3.05) is 13.4 Å². The van der Waals surface area contributed by atoms with E-state index in [0.717, 1.165) is 4.90 Å². The van der Waals surface area contributed by atoms with E-state index in [1.54, 1.807) is 6.07 Å². The summed E-state index contributed by atoms with van der Waals surface area (Å²) in [6, 6.07) is 6.71. The van der Waals surface area contributed by atoms with Gasteiger partial charge in [0.2, 0.25) is 0 Å². The van der Waals surface area contributed by atoms with E-state index < -0.39 is 5.97 Å². The highest BCUT2D eigenvalue weighted by atomic mass is 32.2. The van der Waals surface area contributed by atoms with Gasteiger partial charge in [0.15, 0.2) is 5.43 Å². The molecule has 2 rings (SSSR count). The molecule has 0 unspecified atom stereocenters. The molecule has 17 heavy (non-hydrogen) atoms. The lowest BCUT2D eigenvalue weighted by Crippen LogP contribution is -2.11. The smallest absolute Gasteiger partial charge is 0.354 e. The summed E-state index contributed by atoms with van der Waals surface area (Å²) < 4.78 is 4.60. The minimum Gasteiger partial charge on any atom is -0.464 e. The van der Waals surface area contributed by atoms with Crippen LogP contribution in [0, 0.1) is 0 Å². The molecule has 4 nitrogen and oxygen atoms in total. The Morgan fingerprint density at radius 3 is 2.82 bits per heavy atom. The number of rotatable bonds is 2. The molecular formula is C12H11NO3S. The van der Waals surface area contributed by atoms with Crippen molar-refractivity contribution < 1.29 is 9.53 Å². The highest BCUT2D eigenvalue weighted by Gasteiger charge is 2.11. The number of methoxy groups -OCH3 is 1. The summed E-state index contributed by atoms with van der Waals surface area (Å²) in [4.78, 5) is 27.1. The highest BCUT2D eigenvalue weighted by molar-refractivity contribution is 7.98. The first kappa shape index (κ1) is 11.7. The molecule has 0 radical (unpaired) electrons. The second-order valence-electron chi connectivity index (χ2n) is 3.42. The molecule has 5 heteroatoms. The lowest BCUT2D eigenvalue weighted by molar-refractivity contribution is 0.0594. The molecular weight excluding hydrogens is 238 g/mol. The van der Waals surface area contributed by atoms with Gasteiger partial charge in [0.1, 0.15) is 5.69 Å². The first-order valence-electron chi connectivity index (χ1n) is 4.95. The number of nitrogens with one attached hydrogen (secondary N) is 1. The molecule has 0 aliphatic heterocycles. The summed E-state index contributed by atoms with van der Waals surface area (Å²) >= 11 is 1.51. The van der Waals surface area contributed by atoms with Crippen LogP contribution in [0.5, 0.6) is 0 Å². The van der Waals surface area contributed by atoms with E-state index >= 15 is 0 Å². The maximum Gasteiger partial charge on any atom is 0.354 e. The van der Waals surface area contributed by atoms with Crippen LogP contribution in [0.25, 0.3) is 10.9 Å². The lowest BCUT2D eigenvalue weighted by Gasteiger charge is -2.05. The van der Waals surface area contributed by atoms with E-state index in [0.29, 0.717) is 10.9 Å². The second kappa shape index (κ2) is 4.63. The van der Waals surface area contributed by atoms with Crippen molar-refractivity contribution in [2.24, 2.45) is 0 Å². The van der Waals surface area contributed by atoms with E-state index in [1.807, 2.05) is 18.4 Å².